The van der Waals surface area contributed by atoms with Crippen LogP contribution in [0.15, 0.2) is 36.6 Å². The zero-order valence-corrected chi connectivity index (χ0v) is 16.1. The maximum absolute atomic E-state index is 13.1. The van der Waals surface area contributed by atoms with E-state index in [0.717, 1.165) is 44.8 Å². The van der Waals surface area contributed by atoms with Gasteiger partial charge in [-0.25, -0.2) is 0 Å². The maximum Gasteiger partial charge on any atom is 0.173 e. The minimum Gasteiger partial charge on any atom is -0.496 e. The van der Waals surface area contributed by atoms with Gasteiger partial charge in [-0.2, -0.15) is 0 Å². The molecule has 4 rings (SSSR count). The van der Waals surface area contributed by atoms with E-state index in [0.29, 0.717) is 18.4 Å². The van der Waals surface area contributed by atoms with E-state index in [9.17, 15) is 9.90 Å². The predicted molar refractivity (Wildman–Crippen MR) is 105 cm³/mol. The number of aliphatic hydroxyl groups is 1. The Hall–Kier alpha value is -1.69. The molecule has 27 heavy (non-hydrogen) atoms. The van der Waals surface area contributed by atoms with E-state index in [2.05, 4.69) is 16.7 Å². The third-order valence-electron chi connectivity index (χ3n) is 6.50. The molecule has 146 valence electrons. The molecule has 1 aliphatic carbocycles. The highest BCUT2D eigenvalue weighted by Gasteiger charge is 2.46. The summed E-state index contributed by atoms with van der Waals surface area (Å²) in [5.41, 5.74) is 1.59. The number of piperazine rings is 1. The van der Waals surface area contributed by atoms with Gasteiger partial charge in [0.05, 0.1) is 23.9 Å². The van der Waals surface area contributed by atoms with Crippen molar-refractivity contribution in [1.82, 2.24) is 9.80 Å². The van der Waals surface area contributed by atoms with Gasteiger partial charge in [-0.3, -0.25) is 4.79 Å². The summed E-state index contributed by atoms with van der Waals surface area (Å²) in [4.78, 5) is 18.0. The Morgan fingerprint density at radius 1 is 1.07 bits per heavy atom. The number of benzene rings is 1. The van der Waals surface area contributed by atoms with Crippen molar-refractivity contribution in [2.45, 2.75) is 32.0 Å². The molecule has 5 heteroatoms. The standard InChI is InChI=1S/C22H30N2O3/c1-2-23-10-12-24(13-11-23)14-18-20(25)9-8-17-21(26)19(15-27-22(17)18)16-6-4-3-5-7-16/h3-7,15,17-18,20,22,25H,2,8-14H2,1H3. The van der Waals surface area contributed by atoms with E-state index >= 15 is 0 Å². The first-order valence-corrected chi connectivity index (χ1v) is 10.3. The molecule has 0 aromatic heterocycles. The van der Waals surface area contributed by atoms with Crippen LogP contribution in [-0.2, 0) is 9.53 Å². The molecule has 1 N–H and O–H groups in total. The highest BCUT2D eigenvalue weighted by Crippen LogP contribution is 2.39. The lowest BCUT2D eigenvalue weighted by Crippen LogP contribution is -2.54. The van der Waals surface area contributed by atoms with Gasteiger partial charge in [0.15, 0.2) is 5.78 Å². The number of hydrogen-bond acceptors (Lipinski definition) is 5. The topological polar surface area (TPSA) is 53.0 Å². The Kier molecular flexibility index (Phi) is 5.62. The normalized spacial score (nSPS) is 32.5. The SMILES string of the molecule is CCN1CCN(CC2C(O)CCC3C(=O)C(c4ccccc4)=COC32)CC1. The number of hydrogen-bond donors (Lipinski definition) is 1. The summed E-state index contributed by atoms with van der Waals surface area (Å²) >= 11 is 0. The molecule has 4 atom stereocenters. The van der Waals surface area contributed by atoms with Crippen molar-refractivity contribution >= 4 is 11.4 Å². The molecule has 1 saturated carbocycles. The molecule has 1 aromatic rings. The van der Waals surface area contributed by atoms with Crippen LogP contribution in [0.3, 0.4) is 0 Å². The molecule has 0 spiro atoms. The predicted octanol–water partition coefficient (Wildman–Crippen LogP) is 2.02. The van der Waals surface area contributed by atoms with Gasteiger partial charge in [-0.1, -0.05) is 37.3 Å². The number of carbonyl (C=O) groups excluding carboxylic acids is 1. The van der Waals surface area contributed by atoms with Crippen molar-refractivity contribution in [3.63, 3.8) is 0 Å². The molecule has 0 radical (unpaired) electrons. The summed E-state index contributed by atoms with van der Waals surface area (Å²) < 4.78 is 6.11. The smallest absolute Gasteiger partial charge is 0.173 e. The number of nitrogens with zero attached hydrogens (tertiary/aromatic N) is 2. The number of fused-ring (bicyclic) bond motifs is 1. The second-order valence-corrected chi connectivity index (χ2v) is 8.01. The van der Waals surface area contributed by atoms with Crippen molar-refractivity contribution < 1.29 is 14.6 Å². The highest BCUT2D eigenvalue weighted by atomic mass is 16.5. The van der Waals surface area contributed by atoms with Crippen LogP contribution in [0.2, 0.25) is 0 Å². The summed E-state index contributed by atoms with van der Waals surface area (Å²) in [5, 5.41) is 10.7. The minimum atomic E-state index is -0.394. The van der Waals surface area contributed by atoms with Crippen molar-refractivity contribution in [3.05, 3.63) is 42.2 Å². The number of likely N-dealkylation sites (N-methyl/N-ethyl adjacent to an activating group) is 1. The first-order chi connectivity index (χ1) is 13.2. The first kappa shape index (κ1) is 18.7. The summed E-state index contributed by atoms with van der Waals surface area (Å²) in [6.45, 7) is 8.29. The van der Waals surface area contributed by atoms with Gasteiger partial charge < -0.3 is 19.6 Å². The van der Waals surface area contributed by atoms with Crippen LogP contribution in [0.4, 0.5) is 0 Å². The van der Waals surface area contributed by atoms with Crippen LogP contribution in [0.5, 0.6) is 0 Å². The quantitative estimate of drug-likeness (QED) is 0.879. The fourth-order valence-electron chi connectivity index (χ4n) is 4.77. The van der Waals surface area contributed by atoms with E-state index < -0.39 is 6.10 Å². The second-order valence-electron chi connectivity index (χ2n) is 8.01. The highest BCUT2D eigenvalue weighted by molar-refractivity contribution is 6.22. The van der Waals surface area contributed by atoms with Crippen molar-refractivity contribution in [3.8, 4) is 0 Å². The molecule has 2 aliphatic heterocycles. The molecule has 4 unspecified atom stereocenters. The minimum absolute atomic E-state index is 0.00514. The number of ketones is 1. The van der Waals surface area contributed by atoms with Gasteiger partial charge in [0.1, 0.15) is 6.10 Å². The summed E-state index contributed by atoms with van der Waals surface area (Å²) in [6, 6.07) is 9.75. The molecule has 3 aliphatic rings. The molecular weight excluding hydrogens is 340 g/mol. The third-order valence-corrected chi connectivity index (χ3v) is 6.50. The average Bonchev–Trinajstić information content (AvgIpc) is 2.71. The average molecular weight is 370 g/mol. The first-order valence-electron chi connectivity index (χ1n) is 10.3. The van der Waals surface area contributed by atoms with Gasteiger partial charge in [-0.05, 0) is 24.9 Å². The van der Waals surface area contributed by atoms with Crippen molar-refractivity contribution in [2.24, 2.45) is 11.8 Å². The van der Waals surface area contributed by atoms with Gasteiger partial charge in [0.2, 0.25) is 0 Å². The molecule has 1 aromatic carbocycles. The molecule has 5 nitrogen and oxygen atoms in total. The lowest BCUT2D eigenvalue weighted by molar-refractivity contribution is -0.133. The maximum atomic E-state index is 13.1. The molecular formula is C22H30N2O3. The zero-order chi connectivity index (χ0) is 18.8. The van der Waals surface area contributed by atoms with Crippen molar-refractivity contribution in [1.29, 1.82) is 0 Å². The van der Waals surface area contributed by atoms with E-state index in [1.807, 2.05) is 30.3 Å². The van der Waals surface area contributed by atoms with Crippen LogP contribution < -0.4 is 0 Å². The van der Waals surface area contributed by atoms with Gasteiger partial charge in [-0.15, -0.1) is 0 Å². The third kappa shape index (κ3) is 3.82. The fraction of sp³-hybridized carbons (Fsp3) is 0.591. The fourth-order valence-corrected chi connectivity index (χ4v) is 4.77. The number of Topliss-reactive ketones (excluding diaryl/α,β-unsaturated/α-hetero) is 1. The second kappa shape index (κ2) is 8.13. The Labute approximate surface area is 161 Å². The van der Waals surface area contributed by atoms with E-state index in [-0.39, 0.29) is 23.7 Å². The zero-order valence-electron chi connectivity index (χ0n) is 16.1. The van der Waals surface area contributed by atoms with E-state index in [4.69, 9.17) is 4.74 Å². The largest absolute Gasteiger partial charge is 0.496 e. The Morgan fingerprint density at radius 3 is 2.48 bits per heavy atom. The number of aliphatic hydroxyl groups excluding tert-OH is 1. The summed E-state index contributed by atoms with van der Waals surface area (Å²) in [5.74, 6) is 0.0233. The van der Waals surface area contributed by atoms with E-state index in [1.54, 1.807) is 6.26 Å². The number of rotatable bonds is 4. The summed E-state index contributed by atoms with van der Waals surface area (Å²) in [6.07, 6.45) is 2.42. The number of ether oxygens (including phenoxy) is 1. The van der Waals surface area contributed by atoms with Gasteiger partial charge >= 0.3 is 0 Å². The van der Waals surface area contributed by atoms with Crippen LogP contribution in [0.1, 0.15) is 25.3 Å². The molecule has 1 saturated heterocycles. The van der Waals surface area contributed by atoms with Crippen molar-refractivity contribution in [2.75, 3.05) is 39.3 Å². The van der Waals surface area contributed by atoms with Crippen LogP contribution in [-0.4, -0.2) is 72.2 Å². The van der Waals surface area contributed by atoms with Gasteiger partial charge in [0.25, 0.3) is 0 Å². The summed E-state index contributed by atoms with van der Waals surface area (Å²) in [7, 11) is 0. The lowest BCUT2D eigenvalue weighted by Gasteiger charge is -2.45. The monoisotopic (exact) mass is 370 g/mol. The molecule has 0 amide bonds. The van der Waals surface area contributed by atoms with E-state index in [1.165, 1.54) is 0 Å². The molecule has 2 fully saturated rings. The Balaban J connectivity index is 1.48. The van der Waals surface area contributed by atoms with Crippen LogP contribution in [0.25, 0.3) is 5.57 Å². The Bertz CT molecular complexity index is 682. The van der Waals surface area contributed by atoms with Crippen LogP contribution in [0, 0.1) is 11.8 Å². The number of allylic oxidation sites excluding steroid dienone is 1. The molecule has 0 bridgehead atoms. The number of carbonyl (C=O) groups is 1. The Morgan fingerprint density at radius 2 is 1.78 bits per heavy atom. The van der Waals surface area contributed by atoms with Crippen LogP contribution >= 0.6 is 0 Å². The molecule has 2 heterocycles. The lowest BCUT2D eigenvalue weighted by atomic mass is 9.72. The van der Waals surface area contributed by atoms with Gasteiger partial charge in [0, 0.05) is 38.6 Å².